The lowest BCUT2D eigenvalue weighted by atomic mass is 9.90. The van der Waals surface area contributed by atoms with E-state index in [1.165, 1.54) is 11.1 Å². The predicted octanol–water partition coefficient (Wildman–Crippen LogP) is 3.50. The summed E-state index contributed by atoms with van der Waals surface area (Å²) in [6, 6.07) is 5.98. The third kappa shape index (κ3) is 3.49. The molecule has 1 aliphatic heterocycles. The Morgan fingerprint density at radius 3 is 2.27 bits per heavy atom. The van der Waals surface area contributed by atoms with Gasteiger partial charge in [0.1, 0.15) is 5.78 Å². The molecule has 0 bridgehead atoms. The maximum Gasteiger partial charge on any atom is 0.321 e. The van der Waals surface area contributed by atoms with Crippen molar-refractivity contribution in [2.24, 2.45) is 11.8 Å². The quantitative estimate of drug-likeness (QED) is 0.929. The van der Waals surface area contributed by atoms with Gasteiger partial charge in [-0.3, -0.25) is 4.79 Å². The van der Waals surface area contributed by atoms with Crippen molar-refractivity contribution in [1.29, 1.82) is 0 Å². The third-order valence-corrected chi connectivity index (χ3v) is 4.47. The lowest BCUT2D eigenvalue weighted by Crippen LogP contribution is -2.49. The summed E-state index contributed by atoms with van der Waals surface area (Å²) in [5, 5.41) is 2.97. The van der Waals surface area contributed by atoms with Crippen LogP contribution in [0.4, 0.5) is 10.5 Å². The molecule has 0 saturated carbocycles. The van der Waals surface area contributed by atoms with Crippen LogP contribution in [0.1, 0.15) is 38.8 Å². The molecule has 1 N–H and O–H groups in total. The summed E-state index contributed by atoms with van der Waals surface area (Å²) >= 11 is 0. The fourth-order valence-electron chi connectivity index (χ4n) is 3.15. The summed E-state index contributed by atoms with van der Waals surface area (Å²) in [6.07, 6.45) is 1.96. The summed E-state index contributed by atoms with van der Waals surface area (Å²) in [4.78, 5) is 26.0. The van der Waals surface area contributed by atoms with E-state index in [4.69, 9.17) is 0 Å². The molecule has 1 aliphatic rings. The van der Waals surface area contributed by atoms with Crippen LogP contribution in [-0.2, 0) is 17.6 Å². The number of aryl methyl sites for hydroxylation is 2. The minimum absolute atomic E-state index is 0.0804. The zero-order valence-corrected chi connectivity index (χ0v) is 14.0. The van der Waals surface area contributed by atoms with E-state index in [0.717, 1.165) is 18.5 Å². The number of amides is 2. The number of Topliss-reactive ketones (excluding diaryl/α,β-unsaturated/α-hetero) is 1. The number of likely N-dealkylation sites (tertiary alicyclic amines) is 1. The van der Waals surface area contributed by atoms with Gasteiger partial charge in [0.2, 0.25) is 0 Å². The van der Waals surface area contributed by atoms with Crippen LogP contribution < -0.4 is 5.32 Å². The summed E-state index contributed by atoms with van der Waals surface area (Å²) in [5.74, 6) is 0.0935. The fourth-order valence-corrected chi connectivity index (χ4v) is 3.15. The van der Waals surface area contributed by atoms with Crippen LogP contribution in [0.2, 0.25) is 0 Å². The van der Waals surface area contributed by atoms with E-state index in [0.29, 0.717) is 13.1 Å². The smallest absolute Gasteiger partial charge is 0.321 e. The zero-order chi connectivity index (χ0) is 16.3. The van der Waals surface area contributed by atoms with Crippen molar-refractivity contribution in [3.63, 3.8) is 0 Å². The fraction of sp³-hybridized carbons (Fsp3) is 0.556. The van der Waals surface area contributed by atoms with Gasteiger partial charge < -0.3 is 10.2 Å². The Morgan fingerprint density at radius 2 is 1.73 bits per heavy atom. The molecule has 4 nitrogen and oxygen atoms in total. The highest BCUT2D eigenvalue weighted by Gasteiger charge is 2.32. The van der Waals surface area contributed by atoms with Crippen molar-refractivity contribution >= 4 is 17.5 Å². The Bertz CT molecular complexity index is 554. The van der Waals surface area contributed by atoms with Gasteiger partial charge in [0.05, 0.1) is 0 Å². The van der Waals surface area contributed by atoms with Gasteiger partial charge in [-0.05, 0) is 36.1 Å². The largest absolute Gasteiger partial charge is 0.323 e. The van der Waals surface area contributed by atoms with Crippen LogP contribution in [0.5, 0.6) is 0 Å². The number of carbonyl (C=O) groups excluding carboxylic acids is 2. The Hall–Kier alpha value is -1.84. The maximum atomic E-state index is 12.4. The number of rotatable bonds is 3. The number of piperidine rings is 1. The van der Waals surface area contributed by atoms with E-state index in [1.54, 1.807) is 4.90 Å². The molecule has 2 rings (SSSR count). The Labute approximate surface area is 132 Å². The van der Waals surface area contributed by atoms with Crippen LogP contribution in [-0.4, -0.2) is 29.8 Å². The van der Waals surface area contributed by atoms with Crippen LogP contribution in [0, 0.1) is 11.8 Å². The number of urea groups is 1. The number of benzene rings is 1. The second-order valence-corrected chi connectivity index (χ2v) is 6.23. The first kappa shape index (κ1) is 16.5. The van der Waals surface area contributed by atoms with Gasteiger partial charge in [-0.2, -0.15) is 0 Å². The average molecular weight is 302 g/mol. The van der Waals surface area contributed by atoms with Crippen molar-refractivity contribution in [3.8, 4) is 0 Å². The second-order valence-electron chi connectivity index (χ2n) is 6.23. The van der Waals surface area contributed by atoms with E-state index in [-0.39, 0.29) is 23.7 Å². The summed E-state index contributed by atoms with van der Waals surface area (Å²) in [7, 11) is 0. The summed E-state index contributed by atoms with van der Waals surface area (Å²) < 4.78 is 0. The van der Waals surface area contributed by atoms with E-state index < -0.39 is 0 Å². The average Bonchev–Trinajstić information content (AvgIpc) is 2.51. The molecular weight excluding hydrogens is 276 g/mol. The molecule has 2 atom stereocenters. The SMILES string of the molecule is CCc1ccc(NC(=O)N2C[C@@H](C)C(=O)[C@H](C)C2)cc1CC. The van der Waals surface area contributed by atoms with Gasteiger partial charge in [-0.1, -0.05) is 33.8 Å². The minimum atomic E-state index is -0.113. The molecule has 0 aliphatic carbocycles. The number of hydrogen-bond donors (Lipinski definition) is 1. The number of carbonyl (C=O) groups is 2. The van der Waals surface area contributed by atoms with Crippen LogP contribution >= 0.6 is 0 Å². The van der Waals surface area contributed by atoms with Gasteiger partial charge in [-0.15, -0.1) is 0 Å². The van der Waals surface area contributed by atoms with Gasteiger partial charge in [-0.25, -0.2) is 4.79 Å². The van der Waals surface area contributed by atoms with Gasteiger partial charge >= 0.3 is 6.03 Å². The van der Waals surface area contributed by atoms with E-state index >= 15 is 0 Å². The van der Waals surface area contributed by atoms with Crippen molar-refractivity contribution in [3.05, 3.63) is 29.3 Å². The first-order valence-corrected chi connectivity index (χ1v) is 8.17. The Kier molecular flexibility index (Phi) is 5.22. The molecule has 2 amide bonds. The van der Waals surface area contributed by atoms with E-state index in [9.17, 15) is 9.59 Å². The van der Waals surface area contributed by atoms with Gasteiger partial charge in [0, 0.05) is 30.6 Å². The molecule has 1 fully saturated rings. The molecule has 0 radical (unpaired) electrons. The van der Waals surface area contributed by atoms with E-state index in [2.05, 4.69) is 31.3 Å². The molecule has 1 aromatic carbocycles. The zero-order valence-electron chi connectivity index (χ0n) is 14.0. The Balaban J connectivity index is 2.07. The molecule has 1 heterocycles. The van der Waals surface area contributed by atoms with E-state index in [1.807, 2.05) is 19.9 Å². The molecule has 1 saturated heterocycles. The minimum Gasteiger partial charge on any atom is -0.323 e. The normalized spacial score (nSPS) is 21.8. The predicted molar refractivity (Wildman–Crippen MR) is 89.1 cm³/mol. The van der Waals surface area contributed by atoms with Crippen molar-refractivity contribution < 1.29 is 9.59 Å². The monoisotopic (exact) mass is 302 g/mol. The molecule has 0 unspecified atom stereocenters. The van der Waals surface area contributed by atoms with Crippen LogP contribution in [0.25, 0.3) is 0 Å². The molecular formula is C18H26N2O2. The van der Waals surface area contributed by atoms with Crippen LogP contribution in [0.15, 0.2) is 18.2 Å². The summed E-state index contributed by atoms with van der Waals surface area (Å²) in [5.41, 5.74) is 3.43. The number of hydrogen-bond acceptors (Lipinski definition) is 2. The molecule has 1 aromatic rings. The van der Waals surface area contributed by atoms with Crippen LogP contribution in [0.3, 0.4) is 0 Å². The number of anilines is 1. The molecule has 4 heteroatoms. The molecule has 0 aromatic heterocycles. The lowest BCUT2D eigenvalue weighted by molar-refractivity contribution is -0.128. The standard InChI is InChI=1S/C18H26N2O2/c1-5-14-7-8-16(9-15(14)6-2)19-18(22)20-10-12(3)17(21)13(4)11-20/h7-9,12-13H,5-6,10-11H2,1-4H3,(H,19,22)/t12-,13-/m1/s1. The first-order valence-electron chi connectivity index (χ1n) is 8.17. The molecule has 22 heavy (non-hydrogen) atoms. The topological polar surface area (TPSA) is 49.4 Å². The van der Waals surface area contributed by atoms with Crippen molar-refractivity contribution in [2.75, 3.05) is 18.4 Å². The van der Waals surface area contributed by atoms with Crippen molar-refractivity contribution in [1.82, 2.24) is 4.90 Å². The summed E-state index contributed by atoms with van der Waals surface area (Å²) in [6.45, 7) is 9.05. The number of nitrogens with zero attached hydrogens (tertiary/aromatic N) is 1. The van der Waals surface area contributed by atoms with Gasteiger partial charge in [0.15, 0.2) is 0 Å². The number of nitrogens with one attached hydrogen (secondary N) is 1. The second kappa shape index (κ2) is 6.95. The van der Waals surface area contributed by atoms with Crippen molar-refractivity contribution in [2.45, 2.75) is 40.5 Å². The molecule has 120 valence electrons. The highest BCUT2D eigenvalue weighted by Crippen LogP contribution is 2.21. The molecule has 0 spiro atoms. The highest BCUT2D eigenvalue weighted by atomic mass is 16.2. The number of ketones is 1. The first-order chi connectivity index (χ1) is 10.5. The highest BCUT2D eigenvalue weighted by molar-refractivity contribution is 5.92. The van der Waals surface area contributed by atoms with Gasteiger partial charge in [0.25, 0.3) is 0 Å². The third-order valence-electron chi connectivity index (χ3n) is 4.47. The lowest BCUT2D eigenvalue weighted by Gasteiger charge is -2.33. The Morgan fingerprint density at radius 1 is 1.14 bits per heavy atom. The maximum absolute atomic E-state index is 12.4.